The molecule has 0 spiro atoms. The van der Waals surface area contributed by atoms with Crippen molar-refractivity contribution < 1.29 is 4.79 Å². The summed E-state index contributed by atoms with van der Waals surface area (Å²) in [7, 11) is 0. The molecule has 1 saturated heterocycles. The number of para-hydroxylation sites is 1. The van der Waals surface area contributed by atoms with E-state index >= 15 is 0 Å². The fraction of sp³-hybridized carbons (Fsp3) is 0.444. The van der Waals surface area contributed by atoms with Gasteiger partial charge in [-0.3, -0.25) is 4.98 Å². The van der Waals surface area contributed by atoms with Crippen LogP contribution in [0.25, 0.3) is 10.9 Å². The molecule has 2 heterocycles. The summed E-state index contributed by atoms with van der Waals surface area (Å²) in [6.07, 6.45) is 3.97. The summed E-state index contributed by atoms with van der Waals surface area (Å²) >= 11 is 0. The van der Waals surface area contributed by atoms with Crippen LogP contribution in [0.4, 0.5) is 10.5 Å². The average Bonchev–Trinajstić information content (AvgIpc) is 2.61. The molecular formula is C18H24N4O. The van der Waals surface area contributed by atoms with Gasteiger partial charge < -0.3 is 15.1 Å². The molecule has 0 radical (unpaired) electrons. The van der Waals surface area contributed by atoms with Gasteiger partial charge in [-0.05, 0) is 18.6 Å². The zero-order valence-electron chi connectivity index (χ0n) is 13.7. The number of benzene rings is 1. The standard InChI is InChI=1S/C18H24N4O/c1-2-3-9-20-18(23)22-13-11-21(12-14-22)16-8-4-6-15-7-5-10-19-17(15)16/h4-8,10H,2-3,9,11-14H2,1H3,(H,20,23). The minimum atomic E-state index is 0.0640. The number of nitrogens with zero attached hydrogens (tertiary/aromatic N) is 3. The van der Waals surface area contributed by atoms with Gasteiger partial charge in [-0.25, -0.2) is 4.79 Å². The van der Waals surface area contributed by atoms with Gasteiger partial charge in [0.1, 0.15) is 0 Å². The fourth-order valence-electron chi connectivity index (χ4n) is 2.98. The second-order valence-electron chi connectivity index (χ2n) is 5.91. The van der Waals surface area contributed by atoms with Crippen molar-refractivity contribution in [1.82, 2.24) is 15.2 Å². The minimum absolute atomic E-state index is 0.0640. The summed E-state index contributed by atoms with van der Waals surface area (Å²) in [5.74, 6) is 0. The molecule has 1 aromatic carbocycles. The lowest BCUT2D eigenvalue weighted by Crippen LogP contribution is -2.52. The van der Waals surface area contributed by atoms with Gasteiger partial charge in [-0.15, -0.1) is 0 Å². The van der Waals surface area contributed by atoms with Gasteiger partial charge >= 0.3 is 6.03 Å². The predicted octanol–water partition coefficient (Wildman–Crippen LogP) is 2.87. The van der Waals surface area contributed by atoms with Gasteiger partial charge in [0.15, 0.2) is 0 Å². The van der Waals surface area contributed by atoms with Crippen LogP contribution in [0.2, 0.25) is 0 Å². The molecule has 5 heteroatoms. The van der Waals surface area contributed by atoms with Crippen LogP contribution in [-0.4, -0.2) is 48.6 Å². The van der Waals surface area contributed by atoms with Crippen LogP contribution >= 0.6 is 0 Å². The van der Waals surface area contributed by atoms with Crippen LogP contribution in [0.5, 0.6) is 0 Å². The molecule has 0 unspecified atom stereocenters. The smallest absolute Gasteiger partial charge is 0.317 e. The third-order valence-corrected chi connectivity index (χ3v) is 4.33. The molecule has 1 aliphatic heterocycles. The Hall–Kier alpha value is -2.30. The number of unbranched alkanes of at least 4 members (excludes halogenated alkanes) is 1. The first-order valence-electron chi connectivity index (χ1n) is 8.41. The molecule has 122 valence electrons. The zero-order chi connectivity index (χ0) is 16.1. The summed E-state index contributed by atoms with van der Waals surface area (Å²) in [6.45, 7) is 6.09. The molecule has 0 bridgehead atoms. The van der Waals surface area contributed by atoms with Crippen LogP contribution in [0, 0.1) is 0 Å². The summed E-state index contributed by atoms with van der Waals surface area (Å²) in [4.78, 5) is 20.9. The van der Waals surface area contributed by atoms with E-state index in [2.05, 4.69) is 46.4 Å². The molecule has 1 aliphatic rings. The molecule has 23 heavy (non-hydrogen) atoms. The third-order valence-electron chi connectivity index (χ3n) is 4.33. The maximum absolute atomic E-state index is 12.1. The molecule has 3 rings (SSSR count). The highest BCUT2D eigenvalue weighted by atomic mass is 16.2. The van der Waals surface area contributed by atoms with E-state index in [-0.39, 0.29) is 6.03 Å². The van der Waals surface area contributed by atoms with Gasteiger partial charge in [0, 0.05) is 44.3 Å². The maximum Gasteiger partial charge on any atom is 0.317 e. The largest absolute Gasteiger partial charge is 0.366 e. The van der Waals surface area contributed by atoms with E-state index in [0.717, 1.165) is 62.2 Å². The van der Waals surface area contributed by atoms with E-state index in [1.54, 1.807) is 0 Å². The van der Waals surface area contributed by atoms with Crippen LogP contribution in [-0.2, 0) is 0 Å². The Labute approximate surface area is 137 Å². The summed E-state index contributed by atoms with van der Waals surface area (Å²) in [5.41, 5.74) is 2.20. The lowest BCUT2D eigenvalue weighted by atomic mass is 10.1. The Kier molecular flexibility index (Phi) is 4.95. The van der Waals surface area contributed by atoms with Crippen LogP contribution < -0.4 is 10.2 Å². The van der Waals surface area contributed by atoms with E-state index in [9.17, 15) is 4.79 Å². The van der Waals surface area contributed by atoms with E-state index in [1.807, 2.05) is 17.2 Å². The number of aromatic nitrogens is 1. The number of amides is 2. The molecule has 2 aromatic rings. The van der Waals surface area contributed by atoms with E-state index < -0.39 is 0 Å². The minimum Gasteiger partial charge on any atom is -0.366 e. The first-order valence-corrected chi connectivity index (χ1v) is 8.41. The van der Waals surface area contributed by atoms with Gasteiger partial charge in [-0.1, -0.05) is 31.5 Å². The molecular weight excluding hydrogens is 288 g/mol. The SMILES string of the molecule is CCCCNC(=O)N1CCN(c2cccc3cccnc23)CC1. The number of nitrogens with one attached hydrogen (secondary N) is 1. The van der Waals surface area contributed by atoms with Crippen molar-refractivity contribution in [2.24, 2.45) is 0 Å². The lowest BCUT2D eigenvalue weighted by Gasteiger charge is -2.36. The first kappa shape index (κ1) is 15.6. The van der Waals surface area contributed by atoms with Crippen LogP contribution in [0.3, 0.4) is 0 Å². The predicted molar refractivity (Wildman–Crippen MR) is 93.8 cm³/mol. The average molecular weight is 312 g/mol. The number of hydrogen-bond acceptors (Lipinski definition) is 3. The van der Waals surface area contributed by atoms with Gasteiger partial charge in [0.2, 0.25) is 0 Å². The highest BCUT2D eigenvalue weighted by molar-refractivity contribution is 5.90. The highest BCUT2D eigenvalue weighted by Crippen LogP contribution is 2.25. The zero-order valence-corrected chi connectivity index (χ0v) is 13.7. The van der Waals surface area contributed by atoms with Crippen molar-refractivity contribution >= 4 is 22.6 Å². The lowest BCUT2D eigenvalue weighted by molar-refractivity contribution is 0.194. The van der Waals surface area contributed by atoms with Crippen molar-refractivity contribution in [3.8, 4) is 0 Å². The topological polar surface area (TPSA) is 48.5 Å². The number of carbonyl (C=O) groups is 1. The normalized spacial score (nSPS) is 15.0. The maximum atomic E-state index is 12.1. The molecule has 1 N–H and O–H groups in total. The van der Waals surface area contributed by atoms with E-state index in [0.29, 0.717) is 0 Å². The Bertz CT molecular complexity index is 660. The molecule has 2 amide bonds. The molecule has 0 atom stereocenters. The quantitative estimate of drug-likeness (QED) is 0.883. The van der Waals surface area contributed by atoms with Crippen molar-refractivity contribution in [2.45, 2.75) is 19.8 Å². The van der Waals surface area contributed by atoms with Crippen molar-refractivity contribution in [2.75, 3.05) is 37.6 Å². The molecule has 0 aliphatic carbocycles. The second-order valence-corrected chi connectivity index (χ2v) is 5.91. The first-order chi connectivity index (χ1) is 11.3. The van der Waals surface area contributed by atoms with Crippen LogP contribution in [0.15, 0.2) is 36.5 Å². The number of anilines is 1. The van der Waals surface area contributed by atoms with Crippen molar-refractivity contribution in [3.05, 3.63) is 36.5 Å². The number of rotatable bonds is 4. The Balaban J connectivity index is 1.63. The monoisotopic (exact) mass is 312 g/mol. The number of piperazine rings is 1. The van der Waals surface area contributed by atoms with Crippen LogP contribution in [0.1, 0.15) is 19.8 Å². The van der Waals surface area contributed by atoms with Gasteiger partial charge in [0.25, 0.3) is 0 Å². The summed E-state index contributed by atoms with van der Waals surface area (Å²) in [6, 6.07) is 10.4. The number of urea groups is 1. The van der Waals surface area contributed by atoms with Gasteiger partial charge in [0.05, 0.1) is 11.2 Å². The molecule has 1 aromatic heterocycles. The highest BCUT2D eigenvalue weighted by Gasteiger charge is 2.22. The number of carbonyl (C=O) groups excluding carboxylic acids is 1. The van der Waals surface area contributed by atoms with Gasteiger partial charge in [-0.2, -0.15) is 0 Å². The Morgan fingerprint density at radius 3 is 2.74 bits per heavy atom. The van der Waals surface area contributed by atoms with E-state index in [4.69, 9.17) is 0 Å². The molecule has 0 saturated carbocycles. The second kappa shape index (κ2) is 7.31. The Morgan fingerprint density at radius 1 is 1.17 bits per heavy atom. The van der Waals surface area contributed by atoms with Crippen molar-refractivity contribution in [1.29, 1.82) is 0 Å². The van der Waals surface area contributed by atoms with E-state index in [1.165, 1.54) is 0 Å². The number of pyridine rings is 1. The van der Waals surface area contributed by atoms with Crippen molar-refractivity contribution in [3.63, 3.8) is 0 Å². The fourth-order valence-corrected chi connectivity index (χ4v) is 2.98. The summed E-state index contributed by atoms with van der Waals surface area (Å²) in [5, 5.41) is 4.15. The molecule has 1 fully saturated rings. The number of fused-ring (bicyclic) bond motifs is 1. The summed E-state index contributed by atoms with van der Waals surface area (Å²) < 4.78 is 0. The molecule has 5 nitrogen and oxygen atoms in total. The Morgan fingerprint density at radius 2 is 1.96 bits per heavy atom. The third kappa shape index (κ3) is 3.55. The number of hydrogen-bond donors (Lipinski definition) is 1.